The van der Waals surface area contributed by atoms with Crippen LogP contribution in [0.5, 0.6) is 0 Å². The van der Waals surface area contributed by atoms with Gasteiger partial charge in [0.2, 0.25) is 0 Å². The van der Waals surface area contributed by atoms with E-state index in [0.29, 0.717) is 10.6 Å². The second kappa shape index (κ2) is 7.10. The van der Waals surface area contributed by atoms with Crippen molar-refractivity contribution >= 4 is 46.0 Å². The molecule has 1 aromatic carbocycles. The van der Waals surface area contributed by atoms with Crippen LogP contribution >= 0.6 is 23.6 Å². The number of rotatable bonds is 4. The number of hydrogen-bond acceptors (Lipinski definition) is 4. The van der Waals surface area contributed by atoms with E-state index < -0.39 is 11.8 Å². The summed E-state index contributed by atoms with van der Waals surface area (Å²) >= 11 is 6.14. The van der Waals surface area contributed by atoms with E-state index in [-0.39, 0.29) is 15.7 Å². The van der Waals surface area contributed by atoms with Gasteiger partial charge in [0.05, 0.1) is 16.3 Å². The van der Waals surface area contributed by atoms with Gasteiger partial charge in [-0.3, -0.25) is 5.43 Å². The van der Waals surface area contributed by atoms with Gasteiger partial charge in [0.15, 0.2) is 5.11 Å². The molecule has 8 heteroatoms. The molecule has 0 saturated heterocycles. The zero-order valence-electron chi connectivity index (χ0n) is 11.5. The fourth-order valence-corrected chi connectivity index (χ4v) is 2.50. The minimum atomic E-state index is -0.978. The number of carbonyl (C=O) groups is 1. The minimum Gasteiger partial charge on any atom is -0.477 e. The van der Waals surface area contributed by atoms with Crippen LogP contribution in [0.25, 0.3) is 0 Å². The second-order valence-corrected chi connectivity index (χ2v) is 5.70. The van der Waals surface area contributed by atoms with Crippen molar-refractivity contribution in [2.24, 2.45) is 5.10 Å². The number of nitrogens with zero attached hydrogens (tertiary/aromatic N) is 1. The second-order valence-electron chi connectivity index (χ2n) is 4.21. The van der Waals surface area contributed by atoms with Crippen molar-refractivity contribution in [1.29, 1.82) is 0 Å². The van der Waals surface area contributed by atoms with Crippen molar-refractivity contribution < 1.29 is 14.3 Å². The van der Waals surface area contributed by atoms with Gasteiger partial charge in [-0.15, -0.1) is 11.3 Å². The molecule has 5 nitrogen and oxygen atoms in total. The summed E-state index contributed by atoms with van der Waals surface area (Å²) in [5.74, 6) is -1.40. The summed E-state index contributed by atoms with van der Waals surface area (Å²) in [5.41, 5.74) is 3.42. The number of thiophene rings is 1. The number of hydrazone groups is 1. The summed E-state index contributed by atoms with van der Waals surface area (Å²) < 4.78 is 13.5. The monoisotopic (exact) mass is 337 g/mol. The van der Waals surface area contributed by atoms with Crippen LogP contribution in [0.3, 0.4) is 0 Å². The van der Waals surface area contributed by atoms with Gasteiger partial charge >= 0.3 is 5.97 Å². The Morgan fingerprint density at radius 1 is 1.27 bits per heavy atom. The van der Waals surface area contributed by atoms with E-state index in [1.807, 2.05) is 0 Å². The van der Waals surface area contributed by atoms with Crippen LogP contribution in [0.2, 0.25) is 0 Å². The molecule has 0 amide bonds. The summed E-state index contributed by atoms with van der Waals surface area (Å²) in [5, 5.41) is 15.8. The third kappa shape index (κ3) is 4.09. The smallest absolute Gasteiger partial charge is 0.345 e. The van der Waals surface area contributed by atoms with Crippen LogP contribution in [0.15, 0.2) is 41.5 Å². The van der Waals surface area contributed by atoms with Crippen molar-refractivity contribution in [1.82, 2.24) is 5.43 Å². The number of aromatic carboxylic acids is 1. The fraction of sp³-hybridized carbons (Fsp3) is 0.0714. The SMILES string of the molecule is C/C(=N/NC(=S)Nc1ccccc1F)c1ccc(C(=O)O)s1. The van der Waals surface area contributed by atoms with Gasteiger partial charge in [-0.1, -0.05) is 12.1 Å². The minimum absolute atomic E-state index is 0.138. The number of carboxylic acids is 1. The van der Waals surface area contributed by atoms with Crippen LogP contribution < -0.4 is 10.7 Å². The van der Waals surface area contributed by atoms with E-state index in [4.69, 9.17) is 17.3 Å². The molecule has 1 heterocycles. The van der Waals surface area contributed by atoms with E-state index in [0.717, 1.165) is 11.3 Å². The number of halogens is 1. The van der Waals surface area contributed by atoms with Crippen molar-refractivity contribution in [3.8, 4) is 0 Å². The number of para-hydroxylation sites is 1. The summed E-state index contributed by atoms with van der Waals surface area (Å²) in [4.78, 5) is 11.8. The van der Waals surface area contributed by atoms with Crippen molar-refractivity contribution in [2.75, 3.05) is 5.32 Å². The van der Waals surface area contributed by atoms with E-state index in [1.165, 1.54) is 12.1 Å². The van der Waals surface area contributed by atoms with Crippen molar-refractivity contribution in [3.63, 3.8) is 0 Å². The maximum atomic E-state index is 13.5. The first-order valence-electron chi connectivity index (χ1n) is 6.16. The molecule has 0 aliphatic rings. The Kier molecular flexibility index (Phi) is 5.18. The lowest BCUT2D eigenvalue weighted by Crippen LogP contribution is -2.25. The van der Waals surface area contributed by atoms with Crippen LogP contribution in [0.4, 0.5) is 10.1 Å². The van der Waals surface area contributed by atoms with E-state index >= 15 is 0 Å². The van der Waals surface area contributed by atoms with Gasteiger partial charge in [0.1, 0.15) is 10.7 Å². The molecule has 0 unspecified atom stereocenters. The van der Waals surface area contributed by atoms with Gasteiger partial charge in [-0.25, -0.2) is 9.18 Å². The molecule has 0 spiro atoms. The lowest BCUT2D eigenvalue weighted by Gasteiger charge is -2.08. The number of carboxylic acid groups (broad SMARTS) is 1. The number of nitrogens with one attached hydrogen (secondary N) is 2. The lowest BCUT2D eigenvalue weighted by atomic mass is 10.3. The van der Waals surface area contributed by atoms with Crippen LogP contribution in [0, 0.1) is 5.82 Å². The average molecular weight is 337 g/mol. The summed E-state index contributed by atoms with van der Waals surface area (Å²) in [6, 6.07) is 9.31. The molecule has 2 rings (SSSR count). The summed E-state index contributed by atoms with van der Waals surface area (Å²) in [6.07, 6.45) is 0. The molecule has 0 saturated carbocycles. The zero-order valence-corrected chi connectivity index (χ0v) is 13.1. The molecule has 114 valence electrons. The van der Waals surface area contributed by atoms with Crippen LogP contribution in [0.1, 0.15) is 21.5 Å². The number of benzene rings is 1. The average Bonchev–Trinajstić information content (AvgIpc) is 2.97. The van der Waals surface area contributed by atoms with Gasteiger partial charge in [0.25, 0.3) is 0 Å². The molecule has 2 aromatic rings. The van der Waals surface area contributed by atoms with Crippen LogP contribution in [-0.4, -0.2) is 21.9 Å². The Bertz CT molecular complexity index is 743. The lowest BCUT2D eigenvalue weighted by molar-refractivity contribution is 0.0702. The predicted molar refractivity (Wildman–Crippen MR) is 89.2 cm³/mol. The molecular formula is C14H12FN3O2S2. The highest BCUT2D eigenvalue weighted by atomic mass is 32.1. The highest BCUT2D eigenvalue weighted by molar-refractivity contribution is 7.80. The number of thiocarbonyl (C=S) groups is 1. The number of anilines is 1. The topological polar surface area (TPSA) is 73.7 Å². The molecule has 0 bridgehead atoms. The third-order valence-corrected chi connectivity index (χ3v) is 4.00. The molecule has 0 aliphatic carbocycles. The number of hydrogen-bond donors (Lipinski definition) is 3. The first kappa shape index (κ1) is 16.1. The Balaban J connectivity index is 1.99. The largest absolute Gasteiger partial charge is 0.477 e. The standard InChI is InChI=1S/C14H12FN3O2S2/c1-8(11-6-7-12(22-11)13(19)20)17-18-14(21)16-10-5-3-2-4-9(10)15/h2-7H,1H3,(H,19,20)(H2,16,18,21)/b17-8-. The first-order valence-corrected chi connectivity index (χ1v) is 7.39. The Hall–Kier alpha value is -2.32. The van der Waals surface area contributed by atoms with E-state index in [2.05, 4.69) is 15.8 Å². The maximum absolute atomic E-state index is 13.5. The van der Waals surface area contributed by atoms with E-state index in [9.17, 15) is 9.18 Å². The molecular weight excluding hydrogens is 325 g/mol. The first-order chi connectivity index (χ1) is 10.5. The van der Waals surface area contributed by atoms with Crippen LogP contribution in [-0.2, 0) is 0 Å². The molecule has 22 heavy (non-hydrogen) atoms. The molecule has 0 radical (unpaired) electrons. The normalized spacial score (nSPS) is 11.1. The Labute approximate surface area is 135 Å². The predicted octanol–water partition coefficient (Wildman–Crippen LogP) is 3.30. The third-order valence-electron chi connectivity index (χ3n) is 2.62. The zero-order chi connectivity index (χ0) is 16.1. The van der Waals surface area contributed by atoms with E-state index in [1.54, 1.807) is 31.2 Å². The molecule has 3 N–H and O–H groups in total. The summed E-state index contributed by atoms with van der Waals surface area (Å²) in [7, 11) is 0. The Morgan fingerprint density at radius 2 is 1.95 bits per heavy atom. The van der Waals surface area contributed by atoms with Gasteiger partial charge in [-0.05, 0) is 43.4 Å². The highest BCUT2D eigenvalue weighted by Crippen LogP contribution is 2.17. The van der Waals surface area contributed by atoms with Crippen molar-refractivity contribution in [3.05, 3.63) is 52.0 Å². The van der Waals surface area contributed by atoms with Gasteiger partial charge < -0.3 is 10.4 Å². The van der Waals surface area contributed by atoms with Gasteiger partial charge in [0, 0.05) is 0 Å². The molecule has 0 fully saturated rings. The summed E-state index contributed by atoms with van der Waals surface area (Å²) in [6.45, 7) is 1.72. The highest BCUT2D eigenvalue weighted by Gasteiger charge is 2.09. The van der Waals surface area contributed by atoms with Crippen molar-refractivity contribution in [2.45, 2.75) is 6.92 Å². The molecule has 0 atom stereocenters. The molecule has 0 aliphatic heterocycles. The maximum Gasteiger partial charge on any atom is 0.345 e. The Morgan fingerprint density at radius 3 is 2.59 bits per heavy atom. The van der Waals surface area contributed by atoms with Gasteiger partial charge in [-0.2, -0.15) is 5.10 Å². The fourth-order valence-electron chi connectivity index (χ4n) is 1.55. The quantitative estimate of drug-likeness (QED) is 0.453. The molecule has 1 aromatic heterocycles.